The molecule has 0 amide bonds. The van der Waals surface area contributed by atoms with Crippen LogP contribution in [-0.2, 0) is 10.2 Å². The third-order valence-electron chi connectivity index (χ3n) is 4.21. The molecule has 0 spiro atoms. The van der Waals surface area contributed by atoms with Crippen molar-refractivity contribution in [2.24, 2.45) is 0 Å². The number of hydrogen-bond donors (Lipinski definition) is 1. The van der Waals surface area contributed by atoms with E-state index in [1.165, 1.54) is 4.31 Å². The van der Waals surface area contributed by atoms with Crippen molar-refractivity contribution in [3.8, 4) is 0 Å². The Labute approximate surface area is 116 Å². The number of hydrogen-bond acceptors (Lipinski definition) is 3. The molecule has 1 unspecified atom stereocenters. The summed E-state index contributed by atoms with van der Waals surface area (Å²) in [5, 5.41) is 10.2. The van der Waals surface area contributed by atoms with Crippen LogP contribution < -0.4 is 0 Å². The van der Waals surface area contributed by atoms with Gasteiger partial charge in [0, 0.05) is 19.6 Å². The van der Waals surface area contributed by atoms with Crippen LogP contribution in [0.15, 0.2) is 0 Å². The Bertz CT molecular complexity index is 395. The third-order valence-corrected chi connectivity index (χ3v) is 6.25. The van der Waals surface area contributed by atoms with Crippen LogP contribution in [0, 0.1) is 0 Å². The average Bonchev–Trinajstić information content (AvgIpc) is 2.65. The highest BCUT2D eigenvalue weighted by atomic mass is 32.2. The maximum Gasteiger partial charge on any atom is 0.282 e. The fourth-order valence-electron chi connectivity index (χ4n) is 3.14. The zero-order valence-electron chi connectivity index (χ0n) is 12.0. The normalized spacial score (nSPS) is 28.5. The maximum atomic E-state index is 12.7. The molecule has 0 saturated carbocycles. The number of nitrogens with zero attached hydrogens (tertiary/aromatic N) is 2. The number of aliphatic hydroxyl groups is 1. The minimum absolute atomic E-state index is 0.291. The van der Waals surface area contributed by atoms with Crippen molar-refractivity contribution >= 4 is 10.2 Å². The molecule has 2 aliphatic rings. The fraction of sp³-hybridized carbons (Fsp3) is 1.00. The van der Waals surface area contributed by atoms with Gasteiger partial charge in [-0.1, -0.05) is 12.8 Å². The molecule has 2 saturated heterocycles. The van der Waals surface area contributed by atoms with Gasteiger partial charge in [-0.05, 0) is 39.5 Å². The Hall–Kier alpha value is -0.170. The lowest BCUT2D eigenvalue weighted by atomic mass is 9.98. The molecule has 0 aromatic carbocycles. The van der Waals surface area contributed by atoms with E-state index in [1.807, 2.05) is 0 Å². The van der Waals surface area contributed by atoms with Gasteiger partial charge in [0.25, 0.3) is 10.2 Å². The predicted molar refractivity (Wildman–Crippen MR) is 75.0 cm³/mol. The molecule has 0 aliphatic carbocycles. The quantitative estimate of drug-likeness (QED) is 0.853. The molecule has 5 nitrogen and oxygen atoms in total. The van der Waals surface area contributed by atoms with Crippen molar-refractivity contribution in [2.75, 3.05) is 19.6 Å². The van der Waals surface area contributed by atoms with Crippen molar-refractivity contribution in [3.63, 3.8) is 0 Å². The van der Waals surface area contributed by atoms with Gasteiger partial charge in [-0.2, -0.15) is 17.0 Å². The van der Waals surface area contributed by atoms with Gasteiger partial charge in [-0.3, -0.25) is 0 Å². The van der Waals surface area contributed by atoms with Gasteiger partial charge in [0.05, 0.1) is 11.6 Å². The van der Waals surface area contributed by atoms with Crippen LogP contribution in [0.4, 0.5) is 0 Å². The zero-order chi connectivity index (χ0) is 14.1. The molecular weight excluding hydrogens is 264 g/mol. The molecular formula is C13H26N2O3S. The van der Waals surface area contributed by atoms with Crippen LogP contribution in [0.25, 0.3) is 0 Å². The highest BCUT2D eigenvalue weighted by Crippen LogP contribution is 2.31. The summed E-state index contributed by atoms with van der Waals surface area (Å²) in [6.07, 6.45) is 5.70. The van der Waals surface area contributed by atoms with E-state index in [2.05, 4.69) is 0 Å². The molecule has 2 rings (SSSR count). The second-order valence-electron chi connectivity index (χ2n) is 6.24. The SMILES string of the molecule is CC(C)(O)C1CCCN1S(=O)(=O)N1CCCCCC1. The molecule has 6 heteroatoms. The zero-order valence-corrected chi connectivity index (χ0v) is 12.8. The van der Waals surface area contributed by atoms with Gasteiger partial charge < -0.3 is 5.11 Å². The van der Waals surface area contributed by atoms with E-state index in [0.717, 1.165) is 38.5 Å². The highest BCUT2D eigenvalue weighted by molar-refractivity contribution is 7.86. The minimum atomic E-state index is -3.41. The van der Waals surface area contributed by atoms with Crippen LogP contribution in [0.5, 0.6) is 0 Å². The Balaban J connectivity index is 2.18. The van der Waals surface area contributed by atoms with E-state index in [1.54, 1.807) is 18.2 Å². The molecule has 112 valence electrons. The van der Waals surface area contributed by atoms with Crippen LogP contribution in [0.2, 0.25) is 0 Å². The summed E-state index contributed by atoms with van der Waals surface area (Å²) in [5.41, 5.74) is -0.977. The van der Waals surface area contributed by atoms with E-state index >= 15 is 0 Å². The topological polar surface area (TPSA) is 60.9 Å². The molecule has 0 aromatic heterocycles. The summed E-state index contributed by atoms with van der Waals surface area (Å²) in [6.45, 7) is 5.18. The Kier molecular flexibility index (Phi) is 4.55. The molecule has 19 heavy (non-hydrogen) atoms. The summed E-state index contributed by atoms with van der Waals surface area (Å²) in [5.74, 6) is 0. The Morgan fingerprint density at radius 2 is 1.58 bits per heavy atom. The van der Waals surface area contributed by atoms with Gasteiger partial charge >= 0.3 is 0 Å². The van der Waals surface area contributed by atoms with Gasteiger partial charge in [-0.25, -0.2) is 0 Å². The lowest BCUT2D eigenvalue weighted by Crippen LogP contribution is -2.53. The van der Waals surface area contributed by atoms with Gasteiger partial charge in [0.2, 0.25) is 0 Å². The van der Waals surface area contributed by atoms with E-state index in [-0.39, 0.29) is 6.04 Å². The predicted octanol–water partition coefficient (Wildman–Crippen LogP) is 1.34. The summed E-state index contributed by atoms with van der Waals surface area (Å²) >= 11 is 0. The molecule has 1 N–H and O–H groups in total. The molecule has 2 aliphatic heterocycles. The lowest BCUT2D eigenvalue weighted by molar-refractivity contribution is 0.0199. The number of rotatable bonds is 3. The summed E-state index contributed by atoms with van der Waals surface area (Å²) < 4.78 is 28.6. The van der Waals surface area contributed by atoms with Crippen molar-refractivity contribution in [1.29, 1.82) is 0 Å². The van der Waals surface area contributed by atoms with Crippen LogP contribution in [0.1, 0.15) is 52.4 Å². The Morgan fingerprint density at radius 3 is 2.11 bits per heavy atom. The average molecular weight is 290 g/mol. The summed E-state index contributed by atoms with van der Waals surface area (Å²) in [6, 6.07) is -0.291. The summed E-state index contributed by atoms with van der Waals surface area (Å²) in [7, 11) is -3.41. The second-order valence-corrected chi connectivity index (χ2v) is 8.12. The first-order valence-corrected chi connectivity index (χ1v) is 8.72. The standard InChI is InChI=1S/C13H26N2O3S/c1-13(2,16)12-8-7-11-15(12)19(17,18)14-9-5-3-4-6-10-14/h12,16H,3-11H2,1-2H3. The summed E-state index contributed by atoms with van der Waals surface area (Å²) in [4.78, 5) is 0. The van der Waals surface area contributed by atoms with Crippen LogP contribution in [0.3, 0.4) is 0 Å². The van der Waals surface area contributed by atoms with Crippen molar-refractivity contribution in [3.05, 3.63) is 0 Å². The van der Waals surface area contributed by atoms with E-state index in [9.17, 15) is 13.5 Å². The first kappa shape index (κ1) is 15.2. The fourth-order valence-corrected chi connectivity index (χ4v) is 5.20. The van der Waals surface area contributed by atoms with Crippen molar-refractivity contribution < 1.29 is 13.5 Å². The molecule has 0 aromatic rings. The largest absolute Gasteiger partial charge is 0.389 e. The first-order valence-electron chi connectivity index (χ1n) is 7.33. The van der Waals surface area contributed by atoms with E-state index < -0.39 is 15.8 Å². The Morgan fingerprint density at radius 1 is 1.00 bits per heavy atom. The first-order chi connectivity index (χ1) is 8.83. The van der Waals surface area contributed by atoms with Gasteiger partial charge in [-0.15, -0.1) is 0 Å². The lowest BCUT2D eigenvalue weighted by Gasteiger charge is -2.35. The molecule has 2 fully saturated rings. The van der Waals surface area contributed by atoms with Crippen LogP contribution >= 0.6 is 0 Å². The molecule has 2 heterocycles. The van der Waals surface area contributed by atoms with Crippen LogP contribution in [-0.4, -0.2) is 53.4 Å². The smallest absolute Gasteiger partial charge is 0.282 e. The van der Waals surface area contributed by atoms with Crippen molar-refractivity contribution in [1.82, 2.24) is 8.61 Å². The maximum absolute atomic E-state index is 12.7. The molecule has 0 radical (unpaired) electrons. The van der Waals surface area contributed by atoms with E-state index in [4.69, 9.17) is 0 Å². The van der Waals surface area contributed by atoms with Crippen molar-refractivity contribution in [2.45, 2.75) is 64.0 Å². The molecule has 1 atom stereocenters. The van der Waals surface area contributed by atoms with E-state index in [0.29, 0.717) is 19.6 Å². The molecule has 0 bridgehead atoms. The van der Waals surface area contributed by atoms with Gasteiger partial charge in [0.15, 0.2) is 0 Å². The monoisotopic (exact) mass is 290 g/mol. The minimum Gasteiger partial charge on any atom is -0.389 e. The second kappa shape index (κ2) is 5.68. The third kappa shape index (κ3) is 3.29. The van der Waals surface area contributed by atoms with Gasteiger partial charge in [0.1, 0.15) is 0 Å². The highest BCUT2D eigenvalue weighted by Gasteiger charge is 2.44.